The summed E-state index contributed by atoms with van der Waals surface area (Å²) in [5.41, 5.74) is 0. The van der Waals surface area contributed by atoms with Crippen LogP contribution in [0.3, 0.4) is 0 Å². The lowest BCUT2D eigenvalue weighted by Gasteiger charge is -2.20. The molecule has 16 heavy (non-hydrogen) atoms. The molecule has 1 rings (SSSR count). The number of aliphatic hydroxyl groups excluding tert-OH is 1. The Balaban J connectivity index is 2.03. The quantitative estimate of drug-likeness (QED) is 0.701. The van der Waals surface area contributed by atoms with Crippen LogP contribution < -0.4 is 5.32 Å². The van der Waals surface area contributed by atoms with Crippen molar-refractivity contribution in [2.24, 2.45) is 11.8 Å². The van der Waals surface area contributed by atoms with Crippen LogP contribution in [0.2, 0.25) is 0 Å². The van der Waals surface area contributed by atoms with Crippen LogP contribution in [-0.2, 0) is 0 Å². The van der Waals surface area contributed by atoms with E-state index in [0.717, 1.165) is 18.9 Å². The van der Waals surface area contributed by atoms with Gasteiger partial charge in [-0.15, -0.1) is 0 Å². The van der Waals surface area contributed by atoms with E-state index in [1.807, 2.05) is 0 Å². The average molecular weight is 227 g/mol. The molecule has 0 heterocycles. The van der Waals surface area contributed by atoms with Crippen LogP contribution in [0.5, 0.6) is 0 Å². The fourth-order valence-corrected chi connectivity index (χ4v) is 2.64. The minimum atomic E-state index is -0.147. The Labute approximate surface area is 101 Å². The van der Waals surface area contributed by atoms with Gasteiger partial charge in [-0.25, -0.2) is 0 Å². The topological polar surface area (TPSA) is 32.3 Å². The van der Waals surface area contributed by atoms with Gasteiger partial charge in [-0.1, -0.05) is 39.5 Å². The van der Waals surface area contributed by atoms with Crippen LogP contribution in [0.15, 0.2) is 0 Å². The van der Waals surface area contributed by atoms with E-state index in [1.165, 1.54) is 32.1 Å². The Morgan fingerprint density at radius 1 is 1.19 bits per heavy atom. The maximum atomic E-state index is 9.68. The highest BCUT2D eigenvalue weighted by Gasteiger charge is 2.17. The molecule has 0 aromatic heterocycles. The van der Waals surface area contributed by atoms with Gasteiger partial charge >= 0.3 is 0 Å². The van der Waals surface area contributed by atoms with E-state index in [4.69, 9.17) is 0 Å². The highest BCUT2D eigenvalue weighted by Crippen LogP contribution is 2.28. The summed E-state index contributed by atoms with van der Waals surface area (Å²) < 4.78 is 0. The molecule has 0 radical (unpaired) electrons. The molecule has 0 spiro atoms. The molecule has 1 fully saturated rings. The Bertz CT molecular complexity index is 176. The standard InChI is InChI=1S/C14H29NO/c1-11(2)14(16)8-9-15-12(3)10-13-6-4-5-7-13/h11-16H,4-10H2,1-3H3. The lowest BCUT2D eigenvalue weighted by molar-refractivity contribution is 0.115. The minimum absolute atomic E-state index is 0.147. The van der Waals surface area contributed by atoms with E-state index in [2.05, 4.69) is 26.1 Å². The molecule has 2 unspecified atom stereocenters. The molecule has 0 aromatic carbocycles. The number of nitrogens with one attached hydrogen (secondary N) is 1. The summed E-state index contributed by atoms with van der Waals surface area (Å²) in [7, 11) is 0. The summed E-state index contributed by atoms with van der Waals surface area (Å²) in [6, 6.07) is 0.613. The maximum absolute atomic E-state index is 9.68. The Hall–Kier alpha value is -0.0800. The molecule has 1 saturated carbocycles. The van der Waals surface area contributed by atoms with E-state index >= 15 is 0 Å². The number of rotatable bonds is 7. The Morgan fingerprint density at radius 2 is 1.81 bits per heavy atom. The number of hydrogen-bond donors (Lipinski definition) is 2. The van der Waals surface area contributed by atoms with E-state index in [-0.39, 0.29) is 6.10 Å². The second-order valence-corrected chi connectivity index (χ2v) is 5.84. The molecule has 2 nitrogen and oxygen atoms in total. The predicted octanol–water partition coefficient (Wildman–Crippen LogP) is 2.95. The monoisotopic (exact) mass is 227 g/mol. The molecule has 2 N–H and O–H groups in total. The van der Waals surface area contributed by atoms with Crippen LogP contribution in [0.1, 0.15) is 59.3 Å². The van der Waals surface area contributed by atoms with Crippen LogP contribution >= 0.6 is 0 Å². The summed E-state index contributed by atoms with van der Waals surface area (Å²) in [4.78, 5) is 0. The first-order valence-electron chi connectivity index (χ1n) is 7.01. The van der Waals surface area contributed by atoms with Crippen molar-refractivity contribution in [3.05, 3.63) is 0 Å². The zero-order valence-electron chi connectivity index (χ0n) is 11.2. The summed E-state index contributed by atoms with van der Waals surface area (Å²) in [6.45, 7) is 7.38. The third-order valence-electron chi connectivity index (χ3n) is 3.86. The van der Waals surface area contributed by atoms with Crippen LogP contribution in [0, 0.1) is 11.8 Å². The molecule has 0 bridgehead atoms. The normalized spacial score (nSPS) is 21.6. The summed E-state index contributed by atoms with van der Waals surface area (Å²) in [6.07, 6.45) is 7.78. The van der Waals surface area contributed by atoms with Crippen molar-refractivity contribution in [1.82, 2.24) is 5.32 Å². The van der Waals surface area contributed by atoms with Gasteiger partial charge < -0.3 is 10.4 Å². The lowest BCUT2D eigenvalue weighted by Crippen LogP contribution is -2.31. The second-order valence-electron chi connectivity index (χ2n) is 5.84. The first-order chi connectivity index (χ1) is 7.59. The fraction of sp³-hybridized carbons (Fsp3) is 1.00. The SMILES string of the molecule is CC(CC1CCCC1)NCCC(O)C(C)C. The molecule has 1 aliphatic carbocycles. The van der Waals surface area contributed by atoms with Crippen molar-refractivity contribution in [2.45, 2.75) is 71.4 Å². The second kappa shape index (κ2) is 7.29. The smallest absolute Gasteiger partial charge is 0.0575 e. The lowest BCUT2D eigenvalue weighted by atomic mass is 9.99. The fourth-order valence-electron chi connectivity index (χ4n) is 2.64. The summed E-state index contributed by atoms with van der Waals surface area (Å²) in [5.74, 6) is 1.34. The molecule has 1 aliphatic rings. The summed E-state index contributed by atoms with van der Waals surface area (Å²) in [5, 5.41) is 13.2. The molecule has 0 saturated heterocycles. The minimum Gasteiger partial charge on any atom is -0.393 e. The third-order valence-corrected chi connectivity index (χ3v) is 3.86. The van der Waals surface area contributed by atoms with Crippen LogP contribution in [0.25, 0.3) is 0 Å². The number of hydrogen-bond acceptors (Lipinski definition) is 2. The van der Waals surface area contributed by atoms with E-state index in [9.17, 15) is 5.11 Å². The molecule has 2 heteroatoms. The largest absolute Gasteiger partial charge is 0.393 e. The van der Waals surface area contributed by atoms with Gasteiger partial charge in [0.2, 0.25) is 0 Å². The van der Waals surface area contributed by atoms with Gasteiger partial charge in [0.05, 0.1) is 6.10 Å². The van der Waals surface area contributed by atoms with Crippen molar-refractivity contribution in [1.29, 1.82) is 0 Å². The van der Waals surface area contributed by atoms with Gasteiger partial charge in [0, 0.05) is 6.04 Å². The van der Waals surface area contributed by atoms with E-state index < -0.39 is 0 Å². The van der Waals surface area contributed by atoms with Crippen molar-refractivity contribution in [3.8, 4) is 0 Å². The molecule has 0 amide bonds. The molecular weight excluding hydrogens is 198 g/mol. The Kier molecular flexibility index (Phi) is 6.37. The van der Waals surface area contributed by atoms with Crippen molar-refractivity contribution < 1.29 is 5.11 Å². The zero-order chi connectivity index (χ0) is 12.0. The molecular formula is C14H29NO. The summed E-state index contributed by atoms with van der Waals surface area (Å²) >= 11 is 0. The van der Waals surface area contributed by atoms with Crippen LogP contribution in [0.4, 0.5) is 0 Å². The number of aliphatic hydroxyl groups is 1. The first-order valence-corrected chi connectivity index (χ1v) is 7.01. The molecule has 2 atom stereocenters. The van der Waals surface area contributed by atoms with Gasteiger partial charge in [-0.2, -0.15) is 0 Å². The van der Waals surface area contributed by atoms with Crippen molar-refractivity contribution >= 4 is 0 Å². The van der Waals surface area contributed by atoms with Crippen molar-refractivity contribution in [3.63, 3.8) is 0 Å². The highest BCUT2D eigenvalue weighted by molar-refractivity contribution is 4.73. The van der Waals surface area contributed by atoms with Gasteiger partial charge in [0.15, 0.2) is 0 Å². The molecule has 0 aliphatic heterocycles. The Morgan fingerprint density at radius 3 is 2.38 bits per heavy atom. The molecule has 0 aromatic rings. The van der Waals surface area contributed by atoms with E-state index in [0.29, 0.717) is 12.0 Å². The zero-order valence-corrected chi connectivity index (χ0v) is 11.2. The predicted molar refractivity (Wildman–Crippen MR) is 69.5 cm³/mol. The van der Waals surface area contributed by atoms with Gasteiger partial charge in [-0.05, 0) is 38.1 Å². The first kappa shape index (κ1) is 14.0. The van der Waals surface area contributed by atoms with Crippen molar-refractivity contribution in [2.75, 3.05) is 6.54 Å². The average Bonchev–Trinajstić information content (AvgIpc) is 2.70. The molecule has 96 valence electrons. The third kappa shape index (κ3) is 5.31. The van der Waals surface area contributed by atoms with Crippen LogP contribution in [-0.4, -0.2) is 23.8 Å². The van der Waals surface area contributed by atoms with Gasteiger partial charge in [0.1, 0.15) is 0 Å². The van der Waals surface area contributed by atoms with Gasteiger partial charge in [0.25, 0.3) is 0 Å². The highest BCUT2D eigenvalue weighted by atomic mass is 16.3. The maximum Gasteiger partial charge on any atom is 0.0575 e. The van der Waals surface area contributed by atoms with Gasteiger partial charge in [-0.3, -0.25) is 0 Å². The van der Waals surface area contributed by atoms with E-state index in [1.54, 1.807) is 0 Å².